The van der Waals surface area contributed by atoms with Crippen molar-refractivity contribution < 1.29 is 14.6 Å². The maximum Gasteiger partial charge on any atom is 0.124 e. The molecule has 0 spiro atoms. The van der Waals surface area contributed by atoms with Gasteiger partial charge in [0.1, 0.15) is 24.2 Å². The van der Waals surface area contributed by atoms with Crippen LogP contribution in [0.15, 0.2) is 48.5 Å². The Balaban J connectivity index is 1.89. The number of aliphatic hydroxyl groups is 1. The molecule has 0 radical (unpaired) electrons. The maximum atomic E-state index is 10.4. The van der Waals surface area contributed by atoms with E-state index >= 15 is 0 Å². The average molecular weight is 299 g/mol. The third-order valence-electron chi connectivity index (χ3n) is 4.06. The van der Waals surface area contributed by atoms with Gasteiger partial charge in [0.15, 0.2) is 0 Å². The first-order chi connectivity index (χ1) is 10.7. The topological polar surface area (TPSA) is 41.9 Å². The van der Waals surface area contributed by atoms with Crippen LogP contribution in [0.25, 0.3) is 0 Å². The third kappa shape index (κ3) is 2.93. The highest BCUT2D eigenvalue weighted by Gasteiger charge is 2.33. The molecule has 1 N–H and O–H groups in total. The number of nitrogens with zero attached hydrogens (tertiary/aromatic N) is 1. The minimum Gasteiger partial charge on any atom is -0.497 e. The fourth-order valence-electron chi connectivity index (χ4n) is 2.99. The predicted octanol–water partition coefficient (Wildman–Crippen LogP) is 2.62. The minimum absolute atomic E-state index is 0.112. The molecule has 2 atom stereocenters. The molecule has 22 heavy (non-hydrogen) atoms. The lowest BCUT2D eigenvalue weighted by Gasteiger charge is -2.37. The summed E-state index contributed by atoms with van der Waals surface area (Å²) >= 11 is 0. The van der Waals surface area contributed by atoms with Crippen molar-refractivity contribution in [1.82, 2.24) is 4.90 Å². The molecule has 0 bridgehead atoms. The fourth-order valence-corrected chi connectivity index (χ4v) is 2.99. The van der Waals surface area contributed by atoms with Crippen LogP contribution >= 0.6 is 0 Å². The molecule has 0 aliphatic carbocycles. The summed E-state index contributed by atoms with van der Waals surface area (Å²) in [4.78, 5) is 2.15. The Labute approximate surface area is 130 Å². The lowest BCUT2D eigenvalue weighted by atomic mass is 9.96. The number of methoxy groups -OCH3 is 1. The molecule has 4 nitrogen and oxygen atoms in total. The minimum atomic E-state index is -0.562. The highest BCUT2D eigenvalue weighted by Crippen LogP contribution is 2.38. The molecular formula is C18H21NO3. The Morgan fingerprint density at radius 3 is 2.73 bits per heavy atom. The third-order valence-corrected chi connectivity index (χ3v) is 4.06. The van der Waals surface area contributed by atoms with Gasteiger partial charge in [-0.3, -0.25) is 4.90 Å². The average Bonchev–Trinajstić information content (AvgIpc) is 2.55. The van der Waals surface area contributed by atoms with E-state index < -0.39 is 6.10 Å². The van der Waals surface area contributed by atoms with E-state index in [-0.39, 0.29) is 6.04 Å². The van der Waals surface area contributed by atoms with Gasteiger partial charge in [-0.2, -0.15) is 0 Å². The van der Waals surface area contributed by atoms with Gasteiger partial charge in [0.2, 0.25) is 0 Å². The second-order valence-corrected chi connectivity index (χ2v) is 5.63. The van der Waals surface area contributed by atoms with E-state index in [0.717, 1.165) is 23.6 Å². The Morgan fingerprint density at radius 1 is 1.23 bits per heavy atom. The number of hydrogen-bond donors (Lipinski definition) is 1. The molecule has 0 saturated heterocycles. The molecule has 1 aliphatic rings. The quantitative estimate of drug-likeness (QED) is 0.942. The Hall–Kier alpha value is -2.04. The van der Waals surface area contributed by atoms with Crippen molar-refractivity contribution in [3.8, 4) is 11.5 Å². The molecule has 4 heteroatoms. The summed E-state index contributed by atoms with van der Waals surface area (Å²) in [6, 6.07) is 15.9. The standard InChI is InChI=1S/C18H21NO3/c1-19(11-13-6-4-3-5-7-13)18-15-10-14(21-2)8-9-17(15)22-12-16(18)20/h3-10,16,18,20H,11-12H2,1-2H3. The molecule has 1 aliphatic heterocycles. The number of fused-ring (bicyclic) bond motifs is 1. The molecule has 116 valence electrons. The number of hydrogen-bond acceptors (Lipinski definition) is 4. The second-order valence-electron chi connectivity index (χ2n) is 5.63. The maximum absolute atomic E-state index is 10.4. The van der Waals surface area contributed by atoms with E-state index in [0.29, 0.717) is 6.61 Å². The van der Waals surface area contributed by atoms with Gasteiger partial charge in [0.05, 0.1) is 13.2 Å². The first-order valence-electron chi connectivity index (χ1n) is 7.42. The van der Waals surface area contributed by atoms with Crippen molar-refractivity contribution in [1.29, 1.82) is 0 Å². The number of likely N-dealkylation sites (N-methyl/N-ethyl adjacent to an activating group) is 1. The monoisotopic (exact) mass is 299 g/mol. The van der Waals surface area contributed by atoms with Gasteiger partial charge in [0.25, 0.3) is 0 Å². The molecule has 0 fully saturated rings. The van der Waals surface area contributed by atoms with Crippen LogP contribution in [0.4, 0.5) is 0 Å². The van der Waals surface area contributed by atoms with Crippen LogP contribution in [0.5, 0.6) is 11.5 Å². The number of rotatable bonds is 4. The zero-order valence-corrected chi connectivity index (χ0v) is 12.9. The van der Waals surface area contributed by atoms with Crippen LogP contribution in [-0.2, 0) is 6.54 Å². The van der Waals surface area contributed by atoms with E-state index in [9.17, 15) is 5.11 Å². The Bertz CT molecular complexity index is 629. The summed E-state index contributed by atoms with van der Waals surface area (Å²) in [5.41, 5.74) is 2.18. The van der Waals surface area contributed by atoms with Crippen molar-refractivity contribution in [3.63, 3.8) is 0 Å². The Morgan fingerprint density at radius 2 is 2.00 bits per heavy atom. The zero-order valence-electron chi connectivity index (χ0n) is 12.9. The van der Waals surface area contributed by atoms with Crippen molar-refractivity contribution in [2.45, 2.75) is 18.7 Å². The normalized spacial score (nSPS) is 20.4. The highest BCUT2D eigenvalue weighted by molar-refractivity contribution is 5.44. The lowest BCUT2D eigenvalue weighted by Crippen LogP contribution is -2.40. The largest absolute Gasteiger partial charge is 0.497 e. The molecule has 2 aromatic rings. The van der Waals surface area contributed by atoms with Crippen LogP contribution in [0.1, 0.15) is 17.2 Å². The summed E-state index contributed by atoms with van der Waals surface area (Å²) in [5.74, 6) is 1.59. The molecule has 0 saturated carbocycles. The van der Waals surface area contributed by atoms with Crippen molar-refractivity contribution in [2.75, 3.05) is 20.8 Å². The van der Waals surface area contributed by atoms with Crippen LogP contribution in [0.3, 0.4) is 0 Å². The SMILES string of the molecule is COc1ccc2c(c1)C(N(C)Cc1ccccc1)C(O)CO2. The lowest BCUT2D eigenvalue weighted by molar-refractivity contribution is 0.00678. The van der Waals surface area contributed by atoms with Crippen LogP contribution in [0.2, 0.25) is 0 Å². The van der Waals surface area contributed by atoms with Crippen molar-refractivity contribution >= 4 is 0 Å². The molecule has 3 rings (SSSR count). The molecular weight excluding hydrogens is 278 g/mol. The van der Waals surface area contributed by atoms with Crippen LogP contribution < -0.4 is 9.47 Å². The van der Waals surface area contributed by atoms with E-state index in [2.05, 4.69) is 17.0 Å². The smallest absolute Gasteiger partial charge is 0.124 e. The molecule has 2 unspecified atom stereocenters. The van der Waals surface area contributed by atoms with Gasteiger partial charge >= 0.3 is 0 Å². The van der Waals surface area contributed by atoms with Crippen molar-refractivity contribution in [3.05, 3.63) is 59.7 Å². The summed E-state index contributed by atoms with van der Waals surface area (Å²) in [5, 5.41) is 10.4. The number of benzene rings is 2. The van der Waals surface area contributed by atoms with Crippen molar-refractivity contribution in [2.24, 2.45) is 0 Å². The van der Waals surface area contributed by atoms with E-state index in [4.69, 9.17) is 9.47 Å². The molecule has 0 amide bonds. The first-order valence-corrected chi connectivity index (χ1v) is 7.42. The summed E-state index contributed by atoms with van der Waals surface area (Å²) in [6.45, 7) is 1.07. The second kappa shape index (κ2) is 6.38. The fraction of sp³-hybridized carbons (Fsp3) is 0.333. The predicted molar refractivity (Wildman–Crippen MR) is 85.1 cm³/mol. The number of ether oxygens (including phenoxy) is 2. The number of aliphatic hydroxyl groups excluding tert-OH is 1. The zero-order chi connectivity index (χ0) is 15.5. The highest BCUT2D eigenvalue weighted by atomic mass is 16.5. The van der Waals surface area contributed by atoms with Gasteiger partial charge < -0.3 is 14.6 Å². The van der Waals surface area contributed by atoms with Crippen LogP contribution in [0, 0.1) is 0 Å². The molecule has 2 aromatic carbocycles. The van der Waals surface area contributed by atoms with E-state index in [1.165, 1.54) is 5.56 Å². The van der Waals surface area contributed by atoms with Gasteiger partial charge in [0, 0.05) is 12.1 Å². The van der Waals surface area contributed by atoms with Gasteiger partial charge in [-0.05, 0) is 30.8 Å². The Kier molecular flexibility index (Phi) is 4.32. The molecule has 0 aromatic heterocycles. The van der Waals surface area contributed by atoms with Crippen LogP contribution in [-0.4, -0.2) is 36.9 Å². The summed E-state index contributed by atoms with van der Waals surface area (Å²) in [7, 11) is 3.67. The van der Waals surface area contributed by atoms with Gasteiger partial charge in [-0.1, -0.05) is 30.3 Å². The first kappa shape index (κ1) is 14.9. The summed E-state index contributed by atoms with van der Waals surface area (Å²) < 4.78 is 10.9. The molecule has 1 heterocycles. The van der Waals surface area contributed by atoms with E-state index in [1.807, 2.05) is 43.4 Å². The van der Waals surface area contributed by atoms with Gasteiger partial charge in [-0.25, -0.2) is 0 Å². The summed E-state index contributed by atoms with van der Waals surface area (Å²) in [6.07, 6.45) is -0.562. The van der Waals surface area contributed by atoms with Gasteiger partial charge in [-0.15, -0.1) is 0 Å². The van der Waals surface area contributed by atoms with E-state index in [1.54, 1.807) is 7.11 Å².